The van der Waals surface area contributed by atoms with Crippen molar-refractivity contribution >= 4 is 11.8 Å². The molecule has 6 heteroatoms. The molecule has 1 aromatic carbocycles. The van der Waals surface area contributed by atoms with E-state index in [1.54, 1.807) is 6.92 Å². The van der Waals surface area contributed by atoms with Crippen LogP contribution >= 0.6 is 0 Å². The molecule has 0 unspecified atom stereocenters. The Kier molecular flexibility index (Phi) is 5.35. The lowest BCUT2D eigenvalue weighted by Crippen LogP contribution is -2.38. The average molecular weight is 369 g/mol. The molecule has 2 N–H and O–H groups in total. The fourth-order valence-corrected chi connectivity index (χ4v) is 2.73. The third-order valence-corrected chi connectivity index (χ3v) is 4.61. The van der Waals surface area contributed by atoms with Crippen LogP contribution in [0, 0.1) is 6.92 Å². The van der Waals surface area contributed by atoms with Crippen LogP contribution in [0.15, 0.2) is 28.7 Å². The van der Waals surface area contributed by atoms with E-state index in [1.165, 1.54) is 5.56 Å². The van der Waals surface area contributed by atoms with Crippen LogP contribution < -0.4 is 10.6 Å². The van der Waals surface area contributed by atoms with Crippen molar-refractivity contribution in [1.82, 2.24) is 15.6 Å². The number of aromatic nitrogens is 1. The summed E-state index contributed by atoms with van der Waals surface area (Å²) in [4.78, 5) is 28.2. The largest absolute Gasteiger partial charge is 0.441 e. The smallest absolute Gasteiger partial charge is 0.239 e. The molecule has 0 radical (unpaired) electrons. The monoisotopic (exact) mass is 369 g/mol. The van der Waals surface area contributed by atoms with Gasteiger partial charge in [-0.2, -0.15) is 0 Å². The van der Waals surface area contributed by atoms with E-state index in [0.717, 1.165) is 18.4 Å². The number of oxazole rings is 1. The molecule has 0 spiro atoms. The summed E-state index contributed by atoms with van der Waals surface area (Å²) in [5, 5.41) is 5.47. The number of rotatable bonds is 6. The second-order valence-corrected chi connectivity index (χ2v) is 8.14. The molecular formula is C21H27N3O3. The molecule has 1 heterocycles. The highest BCUT2D eigenvalue weighted by atomic mass is 16.4. The van der Waals surface area contributed by atoms with Crippen LogP contribution in [0.4, 0.5) is 0 Å². The highest BCUT2D eigenvalue weighted by Gasteiger charge is 2.23. The van der Waals surface area contributed by atoms with Crippen molar-refractivity contribution in [3.63, 3.8) is 0 Å². The van der Waals surface area contributed by atoms with Crippen LogP contribution in [0.5, 0.6) is 0 Å². The van der Waals surface area contributed by atoms with Gasteiger partial charge in [-0.05, 0) is 42.9 Å². The number of carbonyl (C=O) groups excluding carboxylic acids is 2. The van der Waals surface area contributed by atoms with Gasteiger partial charge in [-0.15, -0.1) is 0 Å². The topological polar surface area (TPSA) is 84.2 Å². The number of benzene rings is 1. The van der Waals surface area contributed by atoms with Crippen LogP contribution in [0.2, 0.25) is 0 Å². The predicted octanol–water partition coefficient (Wildman–Crippen LogP) is 2.88. The molecule has 2 amide bonds. The Hall–Kier alpha value is -2.63. The Morgan fingerprint density at radius 2 is 1.81 bits per heavy atom. The zero-order valence-corrected chi connectivity index (χ0v) is 16.4. The number of hydrogen-bond acceptors (Lipinski definition) is 4. The molecule has 144 valence electrons. The molecule has 6 nitrogen and oxygen atoms in total. The number of hydrogen-bond donors (Lipinski definition) is 2. The summed E-state index contributed by atoms with van der Waals surface area (Å²) < 4.78 is 5.74. The third kappa shape index (κ3) is 5.18. The number of nitrogens with zero attached hydrogens (tertiary/aromatic N) is 1. The first-order valence-corrected chi connectivity index (χ1v) is 9.35. The van der Waals surface area contributed by atoms with Crippen molar-refractivity contribution < 1.29 is 14.0 Å². The molecule has 1 aliphatic carbocycles. The van der Waals surface area contributed by atoms with E-state index < -0.39 is 0 Å². The molecule has 0 bridgehead atoms. The maximum Gasteiger partial charge on any atom is 0.239 e. The number of aryl methyl sites for hydroxylation is 1. The van der Waals surface area contributed by atoms with Crippen molar-refractivity contribution in [2.75, 3.05) is 6.54 Å². The summed E-state index contributed by atoms with van der Waals surface area (Å²) in [5.41, 5.74) is 2.78. The van der Waals surface area contributed by atoms with Crippen molar-refractivity contribution in [3.05, 3.63) is 41.3 Å². The normalized spacial score (nSPS) is 14.1. The van der Waals surface area contributed by atoms with Gasteiger partial charge in [0.15, 0.2) is 0 Å². The number of nitrogens with one attached hydrogen (secondary N) is 2. The van der Waals surface area contributed by atoms with Crippen molar-refractivity contribution in [3.8, 4) is 11.5 Å². The van der Waals surface area contributed by atoms with Gasteiger partial charge >= 0.3 is 0 Å². The van der Waals surface area contributed by atoms with Crippen molar-refractivity contribution in [2.45, 2.75) is 58.4 Å². The number of amides is 2. The Morgan fingerprint density at radius 3 is 2.41 bits per heavy atom. The SMILES string of the molecule is Cc1oc(-c2ccc(C(C)(C)C)cc2)nc1CC(=O)NCC(=O)NC1CC1. The maximum absolute atomic E-state index is 12.1. The van der Waals surface area contributed by atoms with Gasteiger partial charge in [-0.3, -0.25) is 9.59 Å². The summed E-state index contributed by atoms with van der Waals surface area (Å²) in [6, 6.07) is 8.40. The molecule has 1 aliphatic rings. The fourth-order valence-electron chi connectivity index (χ4n) is 2.73. The lowest BCUT2D eigenvalue weighted by atomic mass is 9.87. The highest BCUT2D eigenvalue weighted by Crippen LogP contribution is 2.27. The highest BCUT2D eigenvalue weighted by molar-refractivity contribution is 5.85. The molecule has 0 aliphatic heterocycles. The van der Waals surface area contributed by atoms with Crippen LogP contribution in [-0.4, -0.2) is 29.4 Å². The van der Waals surface area contributed by atoms with Crippen LogP contribution in [0.1, 0.15) is 50.6 Å². The van der Waals surface area contributed by atoms with Gasteiger partial charge < -0.3 is 15.1 Å². The van der Waals surface area contributed by atoms with Crippen LogP contribution in [0.25, 0.3) is 11.5 Å². The Labute approximate surface area is 159 Å². The van der Waals surface area contributed by atoms with Gasteiger partial charge in [0.2, 0.25) is 17.7 Å². The first kappa shape index (κ1) is 19.1. The van der Waals surface area contributed by atoms with E-state index in [1.807, 2.05) is 12.1 Å². The van der Waals surface area contributed by atoms with Gasteiger partial charge in [-0.25, -0.2) is 4.98 Å². The van der Waals surface area contributed by atoms with E-state index in [2.05, 4.69) is 48.5 Å². The summed E-state index contributed by atoms with van der Waals surface area (Å²) in [6.07, 6.45) is 2.14. The molecule has 1 aromatic heterocycles. The lowest BCUT2D eigenvalue weighted by molar-refractivity contribution is -0.125. The second kappa shape index (κ2) is 7.55. The minimum atomic E-state index is -0.244. The van der Waals surface area contributed by atoms with Crippen molar-refractivity contribution in [1.29, 1.82) is 0 Å². The zero-order valence-electron chi connectivity index (χ0n) is 16.4. The average Bonchev–Trinajstić information content (AvgIpc) is 3.34. The van der Waals surface area contributed by atoms with E-state index in [-0.39, 0.29) is 30.2 Å². The zero-order chi connectivity index (χ0) is 19.6. The maximum atomic E-state index is 12.1. The van der Waals surface area contributed by atoms with E-state index >= 15 is 0 Å². The molecule has 1 saturated carbocycles. The summed E-state index contributed by atoms with van der Waals surface area (Å²) >= 11 is 0. The van der Waals surface area contributed by atoms with Gasteiger partial charge in [0.1, 0.15) is 5.76 Å². The number of carbonyl (C=O) groups is 2. The minimum Gasteiger partial charge on any atom is -0.441 e. The molecule has 27 heavy (non-hydrogen) atoms. The van der Waals surface area contributed by atoms with E-state index in [9.17, 15) is 9.59 Å². The van der Waals surface area contributed by atoms with Crippen LogP contribution in [0.3, 0.4) is 0 Å². The first-order chi connectivity index (χ1) is 12.7. The Balaban J connectivity index is 1.60. The van der Waals surface area contributed by atoms with Gasteiger partial charge in [0.05, 0.1) is 18.7 Å². The summed E-state index contributed by atoms with van der Waals surface area (Å²) in [6.45, 7) is 8.28. The molecule has 0 saturated heterocycles. The van der Waals surface area contributed by atoms with Crippen molar-refractivity contribution in [2.24, 2.45) is 0 Å². The third-order valence-electron chi connectivity index (χ3n) is 4.61. The van der Waals surface area contributed by atoms with Gasteiger partial charge in [0.25, 0.3) is 0 Å². The predicted molar refractivity (Wildman–Crippen MR) is 103 cm³/mol. The van der Waals surface area contributed by atoms with Crippen LogP contribution in [-0.2, 0) is 21.4 Å². The molecule has 3 rings (SSSR count). The lowest BCUT2D eigenvalue weighted by Gasteiger charge is -2.18. The summed E-state index contributed by atoms with van der Waals surface area (Å²) in [5.74, 6) is 0.721. The Bertz CT molecular complexity index is 827. The second-order valence-electron chi connectivity index (χ2n) is 8.14. The molecule has 0 atom stereocenters. The Morgan fingerprint density at radius 1 is 1.15 bits per heavy atom. The van der Waals surface area contributed by atoms with Gasteiger partial charge in [0, 0.05) is 11.6 Å². The first-order valence-electron chi connectivity index (χ1n) is 9.35. The van der Waals surface area contributed by atoms with Gasteiger partial charge in [-0.1, -0.05) is 32.9 Å². The quantitative estimate of drug-likeness (QED) is 0.820. The molecule has 2 aromatic rings. The molecular weight excluding hydrogens is 342 g/mol. The molecule has 1 fully saturated rings. The minimum absolute atomic E-state index is 0.00659. The fraction of sp³-hybridized carbons (Fsp3) is 0.476. The van der Waals surface area contributed by atoms with E-state index in [0.29, 0.717) is 23.4 Å². The summed E-state index contributed by atoms with van der Waals surface area (Å²) in [7, 11) is 0. The standard InChI is InChI=1S/C21H27N3O3/c1-13-17(11-18(25)22-12-19(26)23-16-9-10-16)24-20(27-13)14-5-7-15(8-6-14)21(2,3)4/h5-8,16H,9-12H2,1-4H3,(H,22,25)(H,23,26). The van der Waals surface area contributed by atoms with E-state index in [4.69, 9.17) is 4.42 Å².